The van der Waals surface area contributed by atoms with Gasteiger partial charge in [-0.05, 0) is 55.9 Å². The first kappa shape index (κ1) is 15.9. The SMILES string of the molecule is Cc1ccc(C(=O)N2CCC(Cc3c[nH]c4ccccc34)CC2)cc1. The lowest BCUT2D eigenvalue weighted by Crippen LogP contribution is -2.38. The minimum absolute atomic E-state index is 0.172. The van der Waals surface area contributed by atoms with Gasteiger partial charge in [-0.2, -0.15) is 0 Å². The molecular formula is C22H24N2O. The number of fused-ring (bicyclic) bond motifs is 1. The summed E-state index contributed by atoms with van der Waals surface area (Å²) in [5.74, 6) is 0.826. The Hall–Kier alpha value is -2.55. The number of piperidine rings is 1. The van der Waals surface area contributed by atoms with Gasteiger partial charge in [0.2, 0.25) is 0 Å². The van der Waals surface area contributed by atoms with E-state index < -0.39 is 0 Å². The highest BCUT2D eigenvalue weighted by atomic mass is 16.2. The predicted molar refractivity (Wildman–Crippen MR) is 102 cm³/mol. The molecule has 3 nitrogen and oxygen atoms in total. The number of carbonyl (C=O) groups is 1. The molecule has 25 heavy (non-hydrogen) atoms. The smallest absolute Gasteiger partial charge is 0.253 e. The number of benzene rings is 2. The summed E-state index contributed by atoms with van der Waals surface area (Å²) in [7, 11) is 0. The molecule has 3 heteroatoms. The second-order valence-corrected chi connectivity index (χ2v) is 7.17. The van der Waals surface area contributed by atoms with Crippen LogP contribution >= 0.6 is 0 Å². The number of nitrogens with zero attached hydrogens (tertiary/aromatic N) is 1. The first-order valence-corrected chi connectivity index (χ1v) is 9.11. The summed E-state index contributed by atoms with van der Waals surface area (Å²) in [4.78, 5) is 18.0. The third-order valence-electron chi connectivity index (χ3n) is 5.38. The van der Waals surface area contributed by atoms with Crippen LogP contribution in [0.3, 0.4) is 0 Å². The third-order valence-corrected chi connectivity index (χ3v) is 5.38. The second kappa shape index (κ2) is 6.75. The Bertz CT molecular complexity index is 870. The van der Waals surface area contributed by atoms with Crippen molar-refractivity contribution >= 4 is 16.8 Å². The lowest BCUT2D eigenvalue weighted by molar-refractivity contribution is 0.0690. The number of hydrogen-bond acceptors (Lipinski definition) is 1. The topological polar surface area (TPSA) is 36.1 Å². The van der Waals surface area contributed by atoms with Crippen LogP contribution in [0, 0.1) is 12.8 Å². The Balaban J connectivity index is 1.38. The molecule has 0 bridgehead atoms. The zero-order valence-corrected chi connectivity index (χ0v) is 14.7. The molecule has 1 N–H and O–H groups in total. The fourth-order valence-electron chi connectivity index (χ4n) is 3.83. The Morgan fingerprint density at radius 1 is 1.08 bits per heavy atom. The van der Waals surface area contributed by atoms with Crippen LogP contribution in [-0.4, -0.2) is 28.9 Å². The summed E-state index contributed by atoms with van der Waals surface area (Å²) in [6.45, 7) is 3.77. The Labute approximate surface area is 148 Å². The van der Waals surface area contributed by atoms with E-state index in [0.29, 0.717) is 5.92 Å². The molecule has 0 radical (unpaired) electrons. The van der Waals surface area contributed by atoms with E-state index in [4.69, 9.17) is 0 Å². The zero-order chi connectivity index (χ0) is 17.2. The molecule has 4 rings (SSSR count). The van der Waals surface area contributed by atoms with Crippen molar-refractivity contribution in [2.24, 2.45) is 5.92 Å². The van der Waals surface area contributed by atoms with Gasteiger partial charge in [0.05, 0.1) is 0 Å². The quantitative estimate of drug-likeness (QED) is 0.749. The minimum atomic E-state index is 0.172. The normalized spacial score (nSPS) is 15.6. The number of para-hydroxylation sites is 1. The molecule has 3 aromatic rings. The number of hydrogen-bond donors (Lipinski definition) is 1. The highest BCUT2D eigenvalue weighted by molar-refractivity contribution is 5.94. The van der Waals surface area contributed by atoms with Gasteiger partial charge in [-0.15, -0.1) is 0 Å². The van der Waals surface area contributed by atoms with Gasteiger partial charge < -0.3 is 9.88 Å². The van der Waals surface area contributed by atoms with E-state index in [2.05, 4.69) is 35.4 Å². The lowest BCUT2D eigenvalue weighted by Gasteiger charge is -2.32. The van der Waals surface area contributed by atoms with Crippen LogP contribution < -0.4 is 0 Å². The number of H-pyrrole nitrogens is 1. The Kier molecular flexibility index (Phi) is 4.31. The molecule has 0 unspecified atom stereocenters. The summed E-state index contributed by atoms with van der Waals surface area (Å²) in [5.41, 5.74) is 4.61. The van der Waals surface area contributed by atoms with Crippen molar-refractivity contribution in [2.45, 2.75) is 26.2 Å². The summed E-state index contributed by atoms with van der Waals surface area (Å²) < 4.78 is 0. The number of aromatic nitrogens is 1. The molecule has 1 aromatic heterocycles. The van der Waals surface area contributed by atoms with Crippen molar-refractivity contribution in [1.29, 1.82) is 0 Å². The number of aryl methyl sites for hydroxylation is 1. The molecule has 128 valence electrons. The molecule has 1 aliphatic rings. The molecule has 2 heterocycles. The monoisotopic (exact) mass is 332 g/mol. The van der Waals surface area contributed by atoms with Crippen molar-refractivity contribution < 1.29 is 4.79 Å². The lowest BCUT2D eigenvalue weighted by atomic mass is 9.90. The summed E-state index contributed by atoms with van der Waals surface area (Å²) in [5, 5.41) is 1.33. The van der Waals surface area contributed by atoms with Gasteiger partial charge in [0.15, 0.2) is 0 Å². The number of carbonyl (C=O) groups excluding carboxylic acids is 1. The standard InChI is InChI=1S/C22H24N2O/c1-16-6-8-18(9-7-16)22(25)24-12-10-17(11-13-24)14-19-15-23-21-5-3-2-4-20(19)21/h2-9,15,17,23H,10-14H2,1H3. The average Bonchev–Trinajstić information content (AvgIpc) is 3.06. The maximum atomic E-state index is 12.6. The van der Waals surface area contributed by atoms with E-state index in [1.165, 1.54) is 22.0 Å². The van der Waals surface area contributed by atoms with Gasteiger partial charge in [-0.3, -0.25) is 4.79 Å². The van der Waals surface area contributed by atoms with E-state index in [1.54, 1.807) is 0 Å². The molecule has 2 aromatic carbocycles. The van der Waals surface area contributed by atoms with Crippen LogP contribution in [0.15, 0.2) is 54.7 Å². The van der Waals surface area contributed by atoms with Crippen molar-refractivity contribution in [1.82, 2.24) is 9.88 Å². The van der Waals surface area contributed by atoms with Crippen molar-refractivity contribution in [3.05, 3.63) is 71.4 Å². The first-order chi connectivity index (χ1) is 12.2. The van der Waals surface area contributed by atoms with E-state index >= 15 is 0 Å². The molecule has 0 spiro atoms. The molecular weight excluding hydrogens is 308 g/mol. The molecule has 1 aliphatic heterocycles. The molecule has 1 fully saturated rings. The van der Waals surface area contributed by atoms with Gasteiger partial charge in [0.25, 0.3) is 5.91 Å². The Morgan fingerprint density at radius 2 is 1.80 bits per heavy atom. The fourth-order valence-corrected chi connectivity index (χ4v) is 3.83. The van der Waals surface area contributed by atoms with Gasteiger partial charge in [-0.1, -0.05) is 35.9 Å². The van der Waals surface area contributed by atoms with Crippen LogP contribution in [0.5, 0.6) is 0 Å². The predicted octanol–water partition coefficient (Wildman–Crippen LogP) is 4.57. The van der Waals surface area contributed by atoms with Crippen LogP contribution in [-0.2, 0) is 6.42 Å². The maximum absolute atomic E-state index is 12.6. The van der Waals surface area contributed by atoms with E-state index in [1.807, 2.05) is 36.1 Å². The third kappa shape index (κ3) is 3.32. The van der Waals surface area contributed by atoms with E-state index in [-0.39, 0.29) is 5.91 Å². The molecule has 0 aliphatic carbocycles. The molecule has 0 saturated carbocycles. The van der Waals surface area contributed by atoms with Crippen molar-refractivity contribution in [3.8, 4) is 0 Å². The van der Waals surface area contributed by atoms with Crippen LogP contribution in [0.2, 0.25) is 0 Å². The van der Waals surface area contributed by atoms with E-state index in [0.717, 1.165) is 37.9 Å². The summed E-state index contributed by atoms with van der Waals surface area (Å²) in [6, 6.07) is 16.4. The summed E-state index contributed by atoms with van der Waals surface area (Å²) in [6.07, 6.45) is 5.40. The number of likely N-dealkylation sites (tertiary alicyclic amines) is 1. The average molecular weight is 332 g/mol. The van der Waals surface area contributed by atoms with Crippen LogP contribution in [0.25, 0.3) is 10.9 Å². The number of amides is 1. The van der Waals surface area contributed by atoms with Crippen LogP contribution in [0.1, 0.15) is 34.3 Å². The van der Waals surface area contributed by atoms with Crippen molar-refractivity contribution in [2.75, 3.05) is 13.1 Å². The highest BCUT2D eigenvalue weighted by Gasteiger charge is 2.24. The van der Waals surface area contributed by atoms with Gasteiger partial charge in [0, 0.05) is 35.8 Å². The van der Waals surface area contributed by atoms with E-state index in [9.17, 15) is 4.79 Å². The largest absolute Gasteiger partial charge is 0.361 e. The molecule has 0 atom stereocenters. The Morgan fingerprint density at radius 3 is 2.56 bits per heavy atom. The van der Waals surface area contributed by atoms with Crippen LogP contribution in [0.4, 0.5) is 0 Å². The molecule has 1 amide bonds. The summed E-state index contributed by atoms with van der Waals surface area (Å²) >= 11 is 0. The minimum Gasteiger partial charge on any atom is -0.361 e. The van der Waals surface area contributed by atoms with Crippen molar-refractivity contribution in [3.63, 3.8) is 0 Å². The van der Waals surface area contributed by atoms with Gasteiger partial charge >= 0.3 is 0 Å². The zero-order valence-electron chi connectivity index (χ0n) is 14.7. The fraction of sp³-hybridized carbons (Fsp3) is 0.318. The number of aromatic amines is 1. The number of rotatable bonds is 3. The first-order valence-electron chi connectivity index (χ1n) is 9.11. The molecule has 1 saturated heterocycles. The van der Waals surface area contributed by atoms with Gasteiger partial charge in [-0.25, -0.2) is 0 Å². The number of nitrogens with one attached hydrogen (secondary N) is 1. The maximum Gasteiger partial charge on any atom is 0.253 e. The highest BCUT2D eigenvalue weighted by Crippen LogP contribution is 2.26. The van der Waals surface area contributed by atoms with Gasteiger partial charge in [0.1, 0.15) is 0 Å². The second-order valence-electron chi connectivity index (χ2n) is 7.17.